The van der Waals surface area contributed by atoms with E-state index in [4.69, 9.17) is 10.00 Å². The standard InChI is InChI=1S/C19H18N2O3S/c1-12(18(22)21-15-8-4-2-7-14(15)11-20)24-19(23)17-10-13-6-3-5-9-16(13)25-17/h2,4,7-8,10,12H,3,5-6,9H2,1H3,(H,21,22). The van der Waals surface area contributed by atoms with Crippen molar-refractivity contribution in [3.63, 3.8) is 0 Å². The number of esters is 1. The van der Waals surface area contributed by atoms with Crippen LogP contribution in [0.4, 0.5) is 5.69 Å². The van der Waals surface area contributed by atoms with E-state index >= 15 is 0 Å². The summed E-state index contributed by atoms with van der Waals surface area (Å²) < 4.78 is 5.30. The molecular weight excluding hydrogens is 336 g/mol. The number of carbonyl (C=O) groups is 2. The van der Waals surface area contributed by atoms with Crippen molar-refractivity contribution in [1.29, 1.82) is 5.26 Å². The topological polar surface area (TPSA) is 79.2 Å². The molecule has 5 nitrogen and oxygen atoms in total. The molecule has 1 aliphatic rings. The molecule has 6 heteroatoms. The number of rotatable bonds is 4. The highest BCUT2D eigenvalue weighted by molar-refractivity contribution is 7.14. The number of nitriles is 1. The largest absolute Gasteiger partial charge is 0.448 e. The molecule has 25 heavy (non-hydrogen) atoms. The average Bonchev–Trinajstić information content (AvgIpc) is 3.06. The summed E-state index contributed by atoms with van der Waals surface area (Å²) in [6, 6.07) is 10.6. The quantitative estimate of drug-likeness (QED) is 0.850. The zero-order chi connectivity index (χ0) is 17.8. The fourth-order valence-electron chi connectivity index (χ4n) is 2.79. The first-order valence-corrected chi connectivity index (χ1v) is 9.02. The monoisotopic (exact) mass is 354 g/mol. The zero-order valence-corrected chi connectivity index (χ0v) is 14.7. The van der Waals surface area contributed by atoms with E-state index in [1.807, 2.05) is 12.1 Å². The SMILES string of the molecule is CC(OC(=O)c1cc2c(s1)CCCC2)C(=O)Nc1ccccc1C#N. The van der Waals surface area contributed by atoms with Gasteiger partial charge in [0.15, 0.2) is 6.10 Å². The van der Waals surface area contributed by atoms with Crippen LogP contribution in [0.5, 0.6) is 0 Å². The second-order valence-corrected chi connectivity index (χ2v) is 7.10. The number of thiophene rings is 1. The summed E-state index contributed by atoms with van der Waals surface area (Å²) in [5.41, 5.74) is 1.99. The minimum Gasteiger partial charge on any atom is -0.448 e. The van der Waals surface area contributed by atoms with Gasteiger partial charge in [0.25, 0.3) is 5.91 Å². The Morgan fingerprint density at radius 1 is 1.28 bits per heavy atom. The lowest BCUT2D eigenvalue weighted by atomic mass is 9.99. The molecular formula is C19H18N2O3S. The Kier molecular flexibility index (Phi) is 5.15. The van der Waals surface area contributed by atoms with Crippen LogP contribution in [0.1, 0.15) is 45.4 Å². The van der Waals surface area contributed by atoms with Gasteiger partial charge >= 0.3 is 5.97 Å². The van der Waals surface area contributed by atoms with E-state index in [9.17, 15) is 9.59 Å². The fourth-order valence-corrected chi connectivity index (χ4v) is 3.92. The highest BCUT2D eigenvalue weighted by Crippen LogP contribution is 2.30. The fraction of sp³-hybridized carbons (Fsp3) is 0.316. The summed E-state index contributed by atoms with van der Waals surface area (Å²) in [6.07, 6.45) is 3.36. The first kappa shape index (κ1) is 17.2. The van der Waals surface area contributed by atoms with Crippen molar-refractivity contribution in [1.82, 2.24) is 0 Å². The van der Waals surface area contributed by atoms with Crippen LogP contribution in [0.15, 0.2) is 30.3 Å². The number of para-hydroxylation sites is 1. The number of amides is 1. The van der Waals surface area contributed by atoms with Crippen molar-refractivity contribution >= 4 is 28.9 Å². The van der Waals surface area contributed by atoms with Crippen LogP contribution in [-0.4, -0.2) is 18.0 Å². The number of hydrogen-bond acceptors (Lipinski definition) is 5. The Morgan fingerprint density at radius 3 is 2.80 bits per heavy atom. The summed E-state index contributed by atoms with van der Waals surface area (Å²) in [5, 5.41) is 11.7. The summed E-state index contributed by atoms with van der Waals surface area (Å²) in [5.74, 6) is -0.937. The van der Waals surface area contributed by atoms with E-state index in [1.165, 1.54) is 28.7 Å². The molecule has 0 saturated heterocycles. The zero-order valence-electron chi connectivity index (χ0n) is 13.9. The molecule has 1 unspecified atom stereocenters. The van der Waals surface area contributed by atoms with Crippen LogP contribution >= 0.6 is 11.3 Å². The first-order chi connectivity index (χ1) is 12.1. The van der Waals surface area contributed by atoms with Gasteiger partial charge in [-0.3, -0.25) is 4.79 Å². The molecule has 2 aromatic rings. The second kappa shape index (κ2) is 7.49. The maximum atomic E-state index is 12.3. The number of benzene rings is 1. The third-order valence-corrected chi connectivity index (χ3v) is 5.37. The van der Waals surface area contributed by atoms with E-state index in [2.05, 4.69) is 5.32 Å². The number of hydrogen-bond donors (Lipinski definition) is 1. The number of nitrogens with zero attached hydrogens (tertiary/aromatic N) is 1. The van der Waals surface area contributed by atoms with Gasteiger partial charge in [0.05, 0.1) is 11.3 Å². The van der Waals surface area contributed by atoms with Gasteiger partial charge in [-0.15, -0.1) is 11.3 Å². The van der Waals surface area contributed by atoms with E-state index in [0.29, 0.717) is 16.1 Å². The van der Waals surface area contributed by atoms with Gasteiger partial charge in [0.1, 0.15) is 10.9 Å². The molecule has 1 aromatic heterocycles. The van der Waals surface area contributed by atoms with Crippen molar-refractivity contribution in [3.05, 3.63) is 51.2 Å². The molecule has 0 spiro atoms. The third kappa shape index (κ3) is 3.89. The summed E-state index contributed by atoms with van der Waals surface area (Å²) in [7, 11) is 0. The van der Waals surface area contributed by atoms with Crippen LogP contribution in [0.3, 0.4) is 0 Å². The Bertz CT molecular complexity index is 827. The van der Waals surface area contributed by atoms with Gasteiger partial charge < -0.3 is 10.1 Å². The number of nitrogens with one attached hydrogen (secondary N) is 1. The normalized spacial score (nSPS) is 14.1. The van der Waals surface area contributed by atoms with Gasteiger partial charge in [-0.25, -0.2) is 4.79 Å². The molecule has 1 heterocycles. The highest BCUT2D eigenvalue weighted by Gasteiger charge is 2.23. The summed E-state index contributed by atoms with van der Waals surface area (Å²) in [6.45, 7) is 1.52. The van der Waals surface area contributed by atoms with Gasteiger partial charge in [0.2, 0.25) is 0 Å². The van der Waals surface area contributed by atoms with E-state index in [1.54, 1.807) is 24.3 Å². The molecule has 0 bridgehead atoms. The highest BCUT2D eigenvalue weighted by atomic mass is 32.1. The van der Waals surface area contributed by atoms with E-state index in [0.717, 1.165) is 25.7 Å². The van der Waals surface area contributed by atoms with Crippen LogP contribution < -0.4 is 5.32 Å². The van der Waals surface area contributed by atoms with Crippen LogP contribution in [0, 0.1) is 11.3 Å². The number of aryl methyl sites for hydroxylation is 2. The smallest absolute Gasteiger partial charge is 0.349 e. The van der Waals surface area contributed by atoms with Gasteiger partial charge in [-0.1, -0.05) is 12.1 Å². The predicted molar refractivity (Wildman–Crippen MR) is 95.6 cm³/mol. The van der Waals surface area contributed by atoms with Gasteiger partial charge in [0, 0.05) is 4.88 Å². The maximum absolute atomic E-state index is 12.3. The molecule has 3 rings (SSSR count). The molecule has 1 aliphatic carbocycles. The maximum Gasteiger partial charge on any atom is 0.349 e. The first-order valence-electron chi connectivity index (χ1n) is 8.21. The lowest BCUT2D eigenvalue weighted by molar-refractivity contribution is -0.123. The number of ether oxygens (including phenoxy) is 1. The van der Waals surface area contributed by atoms with E-state index < -0.39 is 18.0 Å². The number of fused-ring (bicyclic) bond motifs is 1. The molecule has 0 fully saturated rings. The Morgan fingerprint density at radius 2 is 2.04 bits per heavy atom. The van der Waals surface area contributed by atoms with Crippen molar-refractivity contribution in [2.24, 2.45) is 0 Å². The second-order valence-electron chi connectivity index (χ2n) is 5.96. The van der Waals surface area contributed by atoms with Crippen LogP contribution in [-0.2, 0) is 22.4 Å². The predicted octanol–water partition coefficient (Wildman–Crippen LogP) is 3.68. The van der Waals surface area contributed by atoms with Gasteiger partial charge in [-0.05, 0) is 56.4 Å². The average molecular weight is 354 g/mol. The molecule has 0 aliphatic heterocycles. The Hall–Kier alpha value is -2.65. The molecule has 0 saturated carbocycles. The minimum absolute atomic E-state index is 0.361. The minimum atomic E-state index is -0.946. The van der Waals surface area contributed by atoms with Crippen LogP contribution in [0.2, 0.25) is 0 Å². The van der Waals surface area contributed by atoms with Gasteiger partial charge in [-0.2, -0.15) is 5.26 Å². The van der Waals surface area contributed by atoms with Crippen molar-refractivity contribution in [2.75, 3.05) is 5.32 Å². The lowest BCUT2D eigenvalue weighted by Gasteiger charge is -2.13. The molecule has 1 atom stereocenters. The molecule has 1 aromatic carbocycles. The summed E-state index contributed by atoms with van der Waals surface area (Å²) >= 11 is 1.46. The van der Waals surface area contributed by atoms with Crippen molar-refractivity contribution in [2.45, 2.75) is 38.7 Å². The van der Waals surface area contributed by atoms with Crippen molar-refractivity contribution < 1.29 is 14.3 Å². The number of carbonyl (C=O) groups excluding carboxylic acids is 2. The Labute approximate surface area is 150 Å². The van der Waals surface area contributed by atoms with E-state index in [-0.39, 0.29) is 0 Å². The third-order valence-electron chi connectivity index (χ3n) is 4.16. The Balaban J connectivity index is 1.64. The van der Waals surface area contributed by atoms with Crippen LogP contribution in [0.25, 0.3) is 0 Å². The molecule has 128 valence electrons. The van der Waals surface area contributed by atoms with Crippen molar-refractivity contribution in [3.8, 4) is 6.07 Å². The summed E-state index contributed by atoms with van der Waals surface area (Å²) in [4.78, 5) is 26.4. The lowest BCUT2D eigenvalue weighted by Crippen LogP contribution is -2.30. The molecule has 1 N–H and O–H groups in total. The molecule has 1 amide bonds. The molecule has 0 radical (unpaired) electrons. The number of anilines is 1.